The number of fused-ring (bicyclic) bond motifs is 2. The molecule has 0 aliphatic rings. The molecule has 0 bridgehead atoms. The first-order valence-corrected chi connectivity index (χ1v) is 15.5. The Bertz CT molecular complexity index is 2500. The van der Waals surface area contributed by atoms with E-state index in [4.69, 9.17) is 18.1 Å². The number of hydrogen-bond donors (Lipinski definition) is 1. The van der Waals surface area contributed by atoms with Crippen LogP contribution in [0.3, 0.4) is 0 Å². The van der Waals surface area contributed by atoms with Crippen LogP contribution in [0.5, 0.6) is 0 Å². The zero-order valence-corrected chi connectivity index (χ0v) is 29.2. The molecule has 1 N–H and O–H groups in total. The lowest BCUT2D eigenvalue weighted by atomic mass is 10.2. The second-order valence-electron chi connectivity index (χ2n) is 9.89. The molecule has 0 radical (unpaired) electrons. The van der Waals surface area contributed by atoms with Gasteiger partial charge >= 0.3 is 16.5 Å². The lowest BCUT2D eigenvalue weighted by Crippen LogP contribution is -2.22. The summed E-state index contributed by atoms with van der Waals surface area (Å²) in [5.74, 6) is 9.31. The van der Waals surface area contributed by atoms with Crippen molar-refractivity contribution in [3.05, 3.63) is 163 Å². The highest BCUT2D eigenvalue weighted by Crippen LogP contribution is 2.07. The molecule has 6 rings (SSSR count). The first kappa shape index (κ1) is 40.2. The zero-order chi connectivity index (χ0) is 40.7. The molecule has 0 saturated heterocycles. The highest BCUT2D eigenvalue weighted by Gasteiger charge is 2.12. The van der Waals surface area contributed by atoms with E-state index in [0.29, 0.717) is 27.9 Å². The normalized spacial score (nSPS) is 9.85. The van der Waals surface area contributed by atoms with E-state index >= 15 is 0 Å². The van der Waals surface area contributed by atoms with Gasteiger partial charge in [-0.05, 0) is 95.5 Å². The fourth-order valence-corrected chi connectivity index (χ4v) is 4.14. The maximum atomic E-state index is 13.1. The van der Waals surface area contributed by atoms with Crippen molar-refractivity contribution in [1.82, 2.24) is 18.8 Å². The van der Waals surface area contributed by atoms with Gasteiger partial charge in [0.15, 0.2) is 0 Å². The largest absolute Gasteiger partial charge is 0.477 e. The van der Waals surface area contributed by atoms with Gasteiger partial charge in [-0.15, -0.1) is 0 Å². The van der Waals surface area contributed by atoms with Crippen LogP contribution in [0, 0.1) is 35.3 Å². The Kier molecular flexibility index (Phi) is 14.8. The van der Waals surface area contributed by atoms with E-state index < -0.39 is 45.5 Å². The summed E-state index contributed by atoms with van der Waals surface area (Å²) in [5.41, 5.74) is 1.06. The van der Waals surface area contributed by atoms with Gasteiger partial charge in [-0.25, -0.2) is 23.5 Å². The fraction of sp³-hybridized carbons (Fsp3) is 0.0270. The molecule has 0 saturated carbocycles. The summed E-state index contributed by atoms with van der Waals surface area (Å²) in [6.45, 7) is 0. The molecule has 4 aromatic heterocycles. The van der Waals surface area contributed by atoms with E-state index in [1.165, 1.54) is 41.1 Å². The van der Waals surface area contributed by atoms with Gasteiger partial charge in [0.1, 0.15) is 34.1 Å². The highest BCUT2D eigenvalue weighted by molar-refractivity contribution is 6.97. The lowest BCUT2D eigenvalue weighted by Gasteiger charge is -2.01. The van der Waals surface area contributed by atoms with Crippen molar-refractivity contribution in [3.63, 3.8) is 0 Å². The van der Waals surface area contributed by atoms with E-state index in [-0.39, 0.29) is 22.8 Å². The summed E-state index contributed by atoms with van der Waals surface area (Å²) in [4.78, 5) is 72.9. The lowest BCUT2D eigenvalue weighted by molar-refractivity contribution is -0.127. The van der Waals surface area contributed by atoms with Gasteiger partial charge in [0.05, 0.1) is 8.52 Å². The third-order valence-electron chi connectivity index (χ3n) is 6.37. The number of nitrogens with zero attached hydrogens (tertiary/aromatic N) is 4. The smallest absolute Gasteiger partial charge is 0.342 e. The number of alkyl halides is 1. The minimum absolute atomic E-state index is 0.192. The molecule has 0 aliphatic carbocycles. The van der Waals surface area contributed by atoms with E-state index in [1.54, 1.807) is 48.5 Å². The summed E-state index contributed by atoms with van der Waals surface area (Å²) < 4.78 is 44.0. The topological polar surface area (TPSA) is 157 Å². The summed E-state index contributed by atoms with van der Waals surface area (Å²) in [7, 11) is -1.00. The molecule has 0 spiro atoms. The van der Waals surface area contributed by atoms with Crippen LogP contribution >= 0.6 is 34.8 Å². The Morgan fingerprint density at radius 1 is 0.667 bits per heavy atom. The number of carbonyl (C=O) groups is 4. The number of aromatic nitrogens is 4. The monoisotopic (exact) mass is 795 g/mol. The van der Waals surface area contributed by atoms with Crippen LogP contribution in [0.2, 0.25) is 0 Å². The molecule has 54 heavy (non-hydrogen) atoms. The number of carbonyl (C=O) groups excluding carboxylic acids is 3. The van der Waals surface area contributed by atoms with Gasteiger partial charge in [0.2, 0.25) is 0 Å². The molecule has 0 unspecified atom stereocenters. The Morgan fingerprint density at radius 3 is 1.39 bits per heavy atom. The summed E-state index contributed by atoms with van der Waals surface area (Å²) in [5, 5.41) is 5.77. The average molecular weight is 797 g/mol. The van der Waals surface area contributed by atoms with Crippen LogP contribution in [0.4, 0.5) is 13.2 Å². The molecule has 272 valence electrons. The number of pyridine rings is 2. The van der Waals surface area contributed by atoms with Crippen molar-refractivity contribution in [1.29, 1.82) is 0 Å². The van der Waals surface area contributed by atoms with Gasteiger partial charge in [0.25, 0.3) is 16.4 Å². The third kappa shape index (κ3) is 11.7. The van der Waals surface area contributed by atoms with Gasteiger partial charge in [-0.1, -0.05) is 35.8 Å². The SMILES string of the molecule is O=C(Cl)C(=O)Cl.O=C(Cl)c1cnc2cc(C#Cc3cccc(F)c3)ccn2c1=O.O=C(O)c1cnc2cc(C#Cc3cccc(F)c3)ccn2c1=O.[2H]CF. The van der Waals surface area contributed by atoms with E-state index in [1.807, 2.05) is 0 Å². The Morgan fingerprint density at radius 2 is 1.04 bits per heavy atom. The minimum Gasteiger partial charge on any atom is -0.477 e. The number of carboxylic acids is 1. The fourth-order valence-electron chi connectivity index (χ4n) is 4.01. The van der Waals surface area contributed by atoms with Crippen molar-refractivity contribution < 1.29 is 38.8 Å². The first-order valence-electron chi connectivity index (χ1n) is 15.1. The third-order valence-corrected chi connectivity index (χ3v) is 7.01. The van der Waals surface area contributed by atoms with Gasteiger partial charge in [0, 0.05) is 47.0 Å². The molecule has 4 heterocycles. The summed E-state index contributed by atoms with van der Waals surface area (Å²) >= 11 is 14.3. The number of benzene rings is 2. The minimum atomic E-state index is -1.33. The summed E-state index contributed by atoms with van der Waals surface area (Å²) in [6, 6.07) is 18.1. The van der Waals surface area contributed by atoms with Crippen molar-refractivity contribution in [2.24, 2.45) is 0 Å². The first-order chi connectivity index (χ1) is 26.1. The molecular weight excluding hydrogens is 776 g/mol. The summed E-state index contributed by atoms with van der Waals surface area (Å²) in [6.07, 6.45) is 5.02. The predicted octanol–water partition coefficient (Wildman–Crippen LogP) is 5.65. The van der Waals surface area contributed by atoms with E-state index in [0.717, 1.165) is 16.8 Å². The zero-order valence-electron chi connectivity index (χ0n) is 27.9. The molecular formula is C37H20Cl3F3N4O7. The van der Waals surface area contributed by atoms with Crippen LogP contribution in [-0.4, -0.2) is 52.7 Å². The second-order valence-corrected chi connectivity index (χ2v) is 10.9. The maximum absolute atomic E-state index is 13.1. The molecule has 0 amide bonds. The van der Waals surface area contributed by atoms with Crippen molar-refractivity contribution in [3.8, 4) is 23.7 Å². The molecule has 6 aromatic rings. The quantitative estimate of drug-likeness (QED) is 0.136. The van der Waals surface area contributed by atoms with Crippen molar-refractivity contribution >= 4 is 67.8 Å². The van der Waals surface area contributed by atoms with Crippen LogP contribution in [0.1, 0.15) is 44.3 Å². The predicted molar refractivity (Wildman–Crippen MR) is 194 cm³/mol. The van der Waals surface area contributed by atoms with Crippen LogP contribution in [0.15, 0.2) is 107 Å². The molecule has 0 fully saturated rings. The number of aromatic carboxylic acids is 1. The Balaban J connectivity index is 0.000000243. The molecule has 0 aliphatic heterocycles. The average Bonchev–Trinajstić information content (AvgIpc) is 3.14. The molecule has 11 nitrogen and oxygen atoms in total. The van der Waals surface area contributed by atoms with E-state index in [9.17, 15) is 41.9 Å². The van der Waals surface area contributed by atoms with Crippen LogP contribution < -0.4 is 11.1 Å². The highest BCUT2D eigenvalue weighted by atomic mass is 35.5. The second kappa shape index (κ2) is 19.9. The van der Waals surface area contributed by atoms with Gasteiger partial charge in [-0.2, -0.15) is 0 Å². The standard InChI is InChI=1S/C17H8ClFN2O2.C17H9FN2O3.C2Cl2O2.CH3F/c18-16(22)14-10-20-15-9-12(6-7-21(15)17(14)23)5-4-11-2-1-3-13(19)8-11;18-13-3-1-2-11(8-13)4-5-12-6-7-20-15(9-12)19-10-14(16(20)21)17(22)23;3-1(5)2(4)6;1-2/h1-3,6-10H;1-3,6-10H,(H,22,23);;1H3/i;;;1D. The number of halogens is 6. The van der Waals surface area contributed by atoms with E-state index in [2.05, 4.69) is 56.9 Å². The molecule has 17 heteroatoms. The Hall–Kier alpha value is -6.58. The van der Waals surface area contributed by atoms with Crippen molar-refractivity contribution in [2.45, 2.75) is 0 Å². The van der Waals surface area contributed by atoms with Gasteiger partial charge in [-0.3, -0.25) is 37.2 Å². The number of hydrogen-bond acceptors (Lipinski definition) is 8. The van der Waals surface area contributed by atoms with Crippen LogP contribution in [-0.2, 0) is 9.59 Å². The Labute approximate surface area is 318 Å². The number of carboxylic acid groups (broad SMARTS) is 1. The molecule has 2 aromatic carbocycles. The number of rotatable bonds is 3. The van der Waals surface area contributed by atoms with Gasteiger partial charge < -0.3 is 5.11 Å². The van der Waals surface area contributed by atoms with Crippen LogP contribution in [0.25, 0.3) is 11.3 Å². The maximum Gasteiger partial charge on any atom is 0.342 e. The van der Waals surface area contributed by atoms with Crippen molar-refractivity contribution in [2.75, 3.05) is 7.15 Å². The molecule has 0 atom stereocenters.